The smallest absolute Gasteiger partial charge is 0.333 e. The highest BCUT2D eigenvalue weighted by Gasteiger charge is 2.16. The maximum absolute atomic E-state index is 14.4. The first-order valence-corrected chi connectivity index (χ1v) is 7.57. The van der Waals surface area contributed by atoms with Gasteiger partial charge in [-0.05, 0) is 29.8 Å². The Bertz CT molecular complexity index is 1190. The van der Waals surface area contributed by atoms with E-state index in [9.17, 15) is 13.6 Å². The van der Waals surface area contributed by atoms with E-state index in [1.807, 2.05) is 0 Å². The minimum absolute atomic E-state index is 0.0240. The average molecular weight is 354 g/mol. The van der Waals surface area contributed by atoms with Crippen molar-refractivity contribution in [2.24, 2.45) is 0 Å². The number of aromatic amines is 2. The largest absolute Gasteiger partial charge is 0.362 e. The van der Waals surface area contributed by atoms with E-state index in [0.717, 1.165) is 10.2 Å². The second kappa shape index (κ2) is 5.96. The van der Waals surface area contributed by atoms with Crippen molar-refractivity contribution in [3.8, 4) is 11.4 Å². The summed E-state index contributed by atoms with van der Waals surface area (Å²) in [6, 6.07) is 8.73. The molecule has 0 spiro atoms. The summed E-state index contributed by atoms with van der Waals surface area (Å²) in [5, 5.41) is 13.4. The third-order valence-corrected chi connectivity index (χ3v) is 3.93. The molecule has 0 saturated heterocycles. The molecule has 26 heavy (non-hydrogen) atoms. The fourth-order valence-electron chi connectivity index (χ4n) is 2.60. The molecule has 0 saturated carbocycles. The SMILES string of the molecule is Nn1c(-c2cc3c(C=Cc4ccc(F)cc4)n[nH]c3cc2F)n[nH]c1=O. The molecule has 0 unspecified atom stereocenters. The van der Waals surface area contributed by atoms with Crippen molar-refractivity contribution in [2.75, 3.05) is 5.84 Å². The number of nitrogens with zero attached hydrogens (tertiary/aromatic N) is 3. The highest BCUT2D eigenvalue weighted by atomic mass is 19.1. The molecule has 0 aliphatic rings. The second-order valence-electron chi connectivity index (χ2n) is 5.59. The van der Waals surface area contributed by atoms with Gasteiger partial charge in [-0.1, -0.05) is 18.2 Å². The quantitative estimate of drug-likeness (QED) is 0.491. The van der Waals surface area contributed by atoms with Gasteiger partial charge in [0.05, 0.1) is 16.8 Å². The van der Waals surface area contributed by atoms with Crippen molar-refractivity contribution in [1.29, 1.82) is 0 Å². The Balaban J connectivity index is 1.80. The number of hydrogen-bond acceptors (Lipinski definition) is 4. The molecule has 0 radical (unpaired) electrons. The van der Waals surface area contributed by atoms with E-state index in [2.05, 4.69) is 20.4 Å². The fourth-order valence-corrected chi connectivity index (χ4v) is 2.60. The Morgan fingerprint density at radius 1 is 1.04 bits per heavy atom. The fraction of sp³-hybridized carbons (Fsp3) is 0. The Morgan fingerprint density at radius 2 is 1.81 bits per heavy atom. The summed E-state index contributed by atoms with van der Waals surface area (Å²) in [6.07, 6.45) is 3.47. The number of nitrogens with one attached hydrogen (secondary N) is 2. The van der Waals surface area contributed by atoms with Crippen molar-refractivity contribution < 1.29 is 8.78 Å². The van der Waals surface area contributed by atoms with Gasteiger partial charge in [0.15, 0.2) is 5.82 Å². The first kappa shape index (κ1) is 15.8. The third kappa shape index (κ3) is 2.65. The molecule has 0 bridgehead atoms. The number of nitrogens with two attached hydrogens (primary N) is 1. The first-order chi connectivity index (χ1) is 12.5. The maximum Gasteiger partial charge on any atom is 0.362 e. The number of fused-ring (bicyclic) bond motifs is 1. The summed E-state index contributed by atoms with van der Waals surface area (Å²) in [4.78, 5) is 11.4. The van der Waals surface area contributed by atoms with Gasteiger partial charge in [0.1, 0.15) is 11.6 Å². The molecule has 0 amide bonds. The number of H-pyrrole nitrogens is 2. The van der Waals surface area contributed by atoms with Crippen molar-refractivity contribution in [3.05, 3.63) is 69.8 Å². The molecular weight excluding hydrogens is 342 g/mol. The highest BCUT2D eigenvalue weighted by Crippen LogP contribution is 2.27. The van der Waals surface area contributed by atoms with Crippen LogP contribution in [0.3, 0.4) is 0 Å². The van der Waals surface area contributed by atoms with Crippen LogP contribution < -0.4 is 11.5 Å². The zero-order chi connectivity index (χ0) is 18.3. The molecule has 0 aliphatic carbocycles. The minimum atomic E-state index is -0.650. The Morgan fingerprint density at radius 3 is 2.50 bits per heavy atom. The molecule has 2 aromatic carbocycles. The Kier molecular flexibility index (Phi) is 3.61. The average Bonchev–Trinajstić information content (AvgIpc) is 3.17. The zero-order valence-corrected chi connectivity index (χ0v) is 13.2. The van der Waals surface area contributed by atoms with Crippen LogP contribution in [-0.4, -0.2) is 25.1 Å². The molecule has 0 aliphatic heterocycles. The number of hydrogen-bond donors (Lipinski definition) is 3. The van der Waals surface area contributed by atoms with Gasteiger partial charge in [0, 0.05) is 11.5 Å². The van der Waals surface area contributed by atoms with E-state index in [1.54, 1.807) is 24.3 Å². The molecule has 7 nitrogen and oxygen atoms in total. The van der Waals surface area contributed by atoms with Gasteiger partial charge in [-0.2, -0.15) is 14.9 Å². The molecule has 2 aromatic heterocycles. The highest BCUT2D eigenvalue weighted by molar-refractivity contribution is 5.92. The van der Waals surface area contributed by atoms with E-state index >= 15 is 0 Å². The predicted molar refractivity (Wildman–Crippen MR) is 93.4 cm³/mol. The van der Waals surface area contributed by atoms with Gasteiger partial charge in [-0.15, -0.1) is 0 Å². The van der Waals surface area contributed by atoms with Crippen LogP contribution in [-0.2, 0) is 0 Å². The van der Waals surface area contributed by atoms with Crippen molar-refractivity contribution in [1.82, 2.24) is 25.1 Å². The molecule has 9 heteroatoms. The molecular formula is C17H12F2N6O. The molecule has 0 fully saturated rings. The summed E-state index contributed by atoms with van der Waals surface area (Å²) >= 11 is 0. The van der Waals surface area contributed by atoms with Gasteiger partial charge in [0.2, 0.25) is 0 Å². The lowest BCUT2D eigenvalue weighted by molar-refractivity contribution is 0.627. The van der Waals surface area contributed by atoms with Crippen molar-refractivity contribution in [2.45, 2.75) is 0 Å². The van der Waals surface area contributed by atoms with Crippen LogP contribution >= 0.6 is 0 Å². The Hall–Kier alpha value is -3.75. The lowest BCUT2D eigenvalue weighted by Crippen LogP contribution is -2.25. The molecule has 4 N–H and O–H groups in total. The second-order valence-corrected chi connectivity index (χ2v) is 5.59. The van der Waals surface area contributed by atoms with E-state index < -0.39 is 11.5 Å². The number of aromatic nitrogens is 5. The van der Waals surface area contributed by atoms with Crippen LogP contribution in [0.4, 0.5) is 8.78 Å². The van der Waals surface area contributed by atoms with Crippen molar-refractivity contribution >= 4 is 23.1 Å². The first-order valence-electron chi connectivity index (χ1n) is 7.57. The topological polar surface area (TPSA) is 105 Å². The van der Waals surface area contributed by atoms with Gasteiger partial charge >= 0.3 is 5.69 Å². The van der Waals surface area contributed by atoms with Gasteiger partial charge in [-0.25, -0.2) is 18.7 Å². The van der Waals surface area contributed by atoms with Gasteiger partial charge in [-0.3, -0.25) is 5.10 Å². The lowest BCUT2D eigenvalue weighted by atomic mass is 10.1. The predicted octanol–water partition coefficient (Wildman–Crippen LogP) is 2.28. The van der Waals surface area contributed by atoms with E-state index in [-0.39, 0.29) is 17.2 Å². The van der Waals surface area contributed by atoms with Crippen LogP contribution in [0.1, 0.15) is 11.3 Å². The number of halogens is 2. The molecule has 0 atom stereocenters. The third-order valence-electron chi connectivity index (χ3n) is 3.93. The normalized spacial score (nSPS) is 11.6. The summed E-state index contributed by atoms with van der Waals surface area (Å²) in [7, 11) is 0. The molecule has 4 aromatic rings. The summed E-state index contributed by atoms with van der Waals surface area (Å²) in [6.45, 7) is 0. The van der Waals surface area contributed by atoms with Gasteiger partial charge in [0.25, 0.3) is 0 Å². The van der Waals surface area contributed by atoms with Crippen molar-refractivity contribution in [3.63, 3.8) is 0 Å². The maximum atomic E-state index is 14.4. The number of rotatable bonds is 3. The van der Waals surface area contributed by atoms with Crippen LogP contribution in [0.2, 0.25) is 0 Å². The Labute approximate surface area is 144 Å². The van der Waals surface area contributed by atoms with E-state index in [0.29, 0.717) is 16.6 Å². The van der Waals surface area contributed by atoms with Crippen LogP contribution in [0, 0.1) is 11.6 Å². The van der Waals surface area contributed by atoms with E-state index in [4.69, 9.17) is 5.84 Å². The lowest BCUT2D eigenvalue weighted by Gasteiger charge is -2.02. The van der Waals surface area contributed by atoms with Crippen LogP contribution in [0.15, 0.2) is 41.2 Å². The summed E-state index contributed by atoms with van der Waals surface area (Å²) < 4.78 is 28.1. The van der Waals surface area contributed by atoms with Gasteiger partial charge < -0.3 is 5.84 Å². The summed E-state index contributed by atoms with van der Waals surface area (Å²) in [5.74, 6) is 4.64. The number of benzene rings is 2. The zero-order valence-electron chi connectivity index (χ0n) is 13.2. The number of nitrogen functional groups attached to an aromatic ring is 1. The van der Waals surface area contributed by atoms with Crippen LogP contribution in [0.25, 0.3) is 34.4 Å². The molecule has 2 heterocycles. The van der Waals surface area contributed by atoms with Crippen LogP contribution in [0.5, 0.6) is 0 Å². The monoisotopic (exact) mass is 354 g/mol. The molecule has 4 rings (SSSR count). The van der Waals surface area contributed by atoms with E-state index in [1.165, 1.54) is 24.3 Å². The summed E-state index contributed by atoms with van der Waals surface area (Å²) in [5.41, 5.74) is 1.23. The molecule has 130 valence electrons. The standard InChI is InChI=1S/C17H12F2N6O/c18-10-4-1-9(2-5-10)3-6-14-12-7-11(13(19)8-15(12)22-21-14)16-23-24-17(26)25(16)20/h1-8H,20H2,(H,21,22)(H,24,26). The minimum Gasteiger partial charge on any atom is -0.333 e.